The predicted octanol–water partition coefficient (Wildman–Crippen LogP) is 2.97. The Balaban J connectivity index is 0.00000225. The molecule has 0 radical (unpaired) electrons. The molecule has 3 aliphatic rings. The monoisotopic (exact) mass is 518 g/mol. The number of pyridine rings is 1. The lowest BCUT2D eigenvalue weighted by molar-refractivity contribution is 0.256. The molecule has 28 heavy (non-hydrogen) atoms. The van der Waals surface area contributed by atoms with E-state index in [1.165, 1.54) is 32.2 Å². The average molecular weight is 519 g/mol. The Kier molecular flexibility index (Phi) is 8.05. The first-order chi connectivity index (χ1) is 13.2. The van der Waals surface area contributed by atoms with Gasteiger partial charge in [-0.1, -0.05) is 11.6 Å². The highest BCUT2D eigenvalue weighted by atomic mass is 127. The number of nitrogens with zero attached hydrogens (tertiary/aromatic N) is 4. The number of aromatic nitrogens is 1. The Hall–Kier alpha value is -0.800. The van der Waals surface area contributed by atoms with Crippen molar-refractivity contribution in [3.63, 3.8) is 0 Å². The van der Waals surface area contributed by atoms with Crippen LogP contribution in [0.2, 0.25) is 5.02 Å². The fraction of sp³-hybridized carbons (Fsp3) is 0.700. The van der Waals surface area contributed by atoms with Gasteiger partial charge in [0.1, 0.15) is 5.82 Å². The molecule has 1 aromatic heterocycles. The molecule has 2 N–H and O–H groups in total. The molecule has 0 aromatic carbocycles. The second kappa shape index (κ2) is 10.3. The van der Waals surface area contributed by atoms with Gasteiger partial charge in [0.15, 0.2) is 5.96 Å². The van der Waals surface area contributed by atoms with E-state index in [0.717, 1.165) is 61.4 Å². The van der Waals surface area contributed by atoms with Gasteiger partial charge in [0.2, 0.25) is 0 Å². The number of nitrogens with one attached hydrogen (secondary N) is 2. The normalized spacial score (nSPS) is 22.3. The van der Waals surface area contributed by atoms with Gasteiger partial charge in [-0.25, -0.2) is 4.98 Å². The van der Waals surface area contributed by atoms with Gasteiger partial charge in [0.05, 0.1) is 5.02 Å². The molecule has 2 saturated carbocycles. The lowest BCUT2D eigenvalue weighted by Gasteiger charge is -2.23. The summed E-state index contributed by atoms with van der Waals surface area (Å²) in [7, 11) is 1.85. The maximum absolute atomic E-state index is 6.29. The van der Waals surface area contributed by atoms with Gasteiger partial charge in [-0.3, -0.25) is 9.89 Å². The Labute approximate surface area is 190 Å². The third-order valence-corrected chi connectivity index (χ3v) is 6.03. The van der Waals surface area contributed by atoms with Crippen molar-refractivity contribution in [2.45, 2.75) is 44.2 Å². The quantitative estimate of drug-likeness (QED) is 0.315. The van der Waals surface area contributed by atoms with E-state index in [0.29, 0.717) is 6.04 Å². The molecule has 1 aliphatic heterocycles. The third-order valence-electron chi connectivity index (χ3n) is 5.74. The number of hydrogen-bond acceptors (Lipinski definition) is 4. The van der Waals surface area contributed by atoms with E-state index >= 15 is 0 Å². The summed E-state index contributed by atoms with van der Waals surface area (Å²) < 4.78 is 0. The zero-order chi connectivity index (χ0) is 18.6. The Morgan fingerprint density at radius 1 is 1.32 bits per heavy atom. The number of guanidine groups is 1. The summed E-state index contributed by atoms with van der Waals surface area (Å²) in [6, 6.07) is 4.98. The van der Waals surface area contributed by atoms with E-state index in [9.17, 15) is 0 Å². The van der Waals surface area contributed by atoms with E-state index in [-0.39, 0.29) is 24.0 Å². The summed E-state index contributed by atoms with van der Waals surface area (Å²) in [6.07, 6.45) is 8.48. The molecular formula is C20H32ClIN6. The zero-order valence-electron chi connectivity index (χ0n) is 16.6. The van der Waals surface area contributed by atoms with E-state index < -0.39 is 0 Å². The van der Waals surface area contributed by atoms with Crippen LogP contribution in [0.15, 0.2) is 23.3 Å². The molecule has 0 amide bonds. The number of hydrogen-bond donors (Lipinski definition) is 2. The van der Waals surface area contributed by atoms with Crippen molar-refractivity contribution in [1.82, 2.24) is 20.5 Å². The summed E-state index contributed by atoms with van der Waals surface area (Å²) in [5.74, 6) is 2.74. The summed E-state index contributed by atoms with van der Waals surface area (Å²) >= 11 is 6.29. The number of aliphatic imine (C=N–C) groups is 1. The summed E-state index contributed by atoms with van der Waals surface area (Å²) in [5.41, 5.74) is 0. The molecule has 8 heteroatoms. The van der Waals surface area contributed by atoms with E-state index in [1.54, 1.807) is 6.20 Å². The minimum atomic E-state index is 0. The molecule has 4 rings (SSSR count). The van der Waals surface area contributed by atoms with Gasteiger partial charge < -0.3 is 15.5 Å². The fourth-order valence-corrected chi connectivity index (χ4v) is 4.12. The highest BCUT2D eigenvalue weighted by Gasteiger charge is 2.33. The van der Waals surface area contributed by atoms with Crippen LogP contribution in [0.1, 0.15) is 32.1 Å². The lowest BCUT2D eigenvalue weighted by atomic mass is 10.3. The SMILES string of the molecule is CN=C(NCCN(CC1CC1)C1CC1)NC1CCN(c2ncccc2Cl)C1.I. The molecule has 2 heterocycles. The van der Waals surface area contributed by atoms with Crippen molar-refractivity contribution >= 4 is 47.4 Å². The molecular weight excluding hydrogens is 487 g/mol. The van der Waals surface area contributed by atoms with Gasteiger partial charge in [0.25, 0.3) is 0 Å². The fourth-order valence-electron chi connectivity index (χ4n) is 3.88. The van der Waals surface area contributed by atoms with Gasteiger partial charge in [-0.2, -0.15) is 0 Å². The van der Waals surface area contributed by atoms with Gasteiger partial charge in [-0.15, -0.1) is 24.0 Å². The maximum Gasteiger partial charge on any atom is 0.191 e. The van der Waals surface area contributed by atoms with Crippen LogP contribution in [0.3, 0.4) is 0 Å². The lowest BCUT2D eigenvalue weighted by Crippen LogP contribution is -2.47. The minimum Gasteiger partial charge on any atom is -0.355 e. The first-order valence-corrected chi connectivity index (χ1v) is 10.7. The van der Waals surface area contributed by atoms with Gasteiger partial charge in [0, 0.05) is 58.1 Å². The van der Waals surface area contributed by atoms with Crippen LogP contribution in [0.5, 0.6) is 0 Å². The Morgan fingerprint density at radius 2 is 2.14 bits per heavy atom. The molecule has 0 spiro atoms. The highest BCUT2D eigenvalue weighted by Crippen LogP contribution is 2.34. The molecule has 156 valence electrons. The van der Waals surface area contributed by atoms with Crippen molar-refractivity contribution in [2.24, 2.45) is 10.9 Å². The van der Waals surface area contributed by atoms with Crippen LogP contribution in [-0.2, 0) is 0 Å². The Morgan fingerprint density at radius 3 is 2.82 bits per heavy atom. The maximum atomic E-state index is 6.29. The van der Waals surface area contributed by atoms with Crippen LogP contribution >= 0.6 is 35.6 Å². The van der Waals surface area contributed by atoms with Gasteiger partial charge in [-0.05, 0) is 50.2 Å². The molecule has 1 saturated heterocycles. The minimum absolute atomic E-state index is 0. The average Bonchev–Trinajstić information content (AvgIpc) is 3.60. The molecule has 2 aliphatic carbocycles. The number of halogens is 2. The zero-order valence-corrected chi connectivity index (χ0v) is 19.7. The van der Waals surface area contributed by atoms with Crippen LogP contribution in [-0.4, -0.2) is 67.7 Å². The van der Waals surface area contributed by atoms with E-state index in [4.69, 9.17) is 11.6 Å². The van der Waals surface area contributed by atoms with Crippen LogP contribution in [0, 0.1) is 5.92 Å². The Bertz CT molecular complexity index is 664. The van der Waals surface area contributed by atoms with Crippen molar-refractivity contribution in [1.29, 1.82) is 0 Å². The van der Waals surface area contributed by atoms with Crippen molar-refractivity contribution in [3.8, 4) is 0 Å². The number of anilines is 1. The molecule has 1 aromatic rings. The smallest absolute Gasteiger partial charge is 0.191 e. The third kappa shape index (κ3) is 6.10. The largest absolute Gasteiger partial charge is 0.355 e. The summed E-state index contributed by atoms with van der Waals surface area (Å²) in [5, 5.41) is 7.79. The number of rotatable bonds is 8. The highest BCUT2D eigenvalue weighted by molar-refractivity contribution is 14.0. The van der Waals surface area contributed by atoms with Crippen molar-refractivity contribution in [3.05, 3.63) is 23.4 Å². The summed E-state index contributed by atoms with van der Waals surface area (Å²) in [4.78, 5) is 13.8. The van der Waals surface area contributed by atoms with Crippen LogP contribution in [0.4, 0.5) is 5.82 Å². The van der Waals surface area contributed by atoms with Crippen LogP contribution < -0.4 is 15.5 Å². The second-order valence-corrected chi connectivity index (χ2v) is 8.46. The van der Waals surface area contributed by atoms with Gasteiger partial charge >= 0.3 is 0 Å². The molecule has 6 nitrogen and oxygen atoms in total. The standard InChI is InChI=1S/C20H31ClN6.HI/c1-22-20(24-10-12-26(17-6-7-17)13-15-4-5-15)25-16-8-11-27(14-16)19-18(21)3-2-9-23-19;/h2-3,9,15-17H,4-8,10-14H2,1H3,(H2,22,24,25);1H. The van der Waals surface area contributed by atoms with Crippen molar-refractivity contribution in [2.75, 3.05) is 44.7 Å². The molecule has 3 fully saturated rings. The summed E-state index contributed by atoms with van der Waals surface area (Å²) in [6.45, 7) is 5.21. The van der Waals surface area contributed by atoms with Crippen molar-refractivity contribution < 1.29 is 0 Å². The molecule has 0 bridgehead atoms. The first-order valence-electron chi connectivity index (χ1n) is 10.3. The second-order valence-electron chi connectivity index (χ2n) is 8.05. The first kappa shape index (κ1) is 21.9. The molecule has 1 atom stereocenters. The molecule has 1 unspecified atom stereocenters. The van der Waals surface area contributed by atoms with E-state index in [1.807, 2.05) is 19.2 Å². The van der Waals surface area contributed by atoms with Crippen LogP contribution in [0.25, 0.3) is 0 Å². The predicted molar refractivity (Wildman–Crippen MR) is 127 cm³/mol. The van der Waals surface area contributed by atoms with E-state index in [2.05, 4.69) is 30.4 Å². The topological polar surface area (TPSA) is 55.8 Å².